The van der Waals surface area contributed by atoms with Crippen molar-refractivity contribution in [1.29, 1.82) is 0 Å². The first kappa shape index (κ1) is 18.0. The average molecular weight is 366 g/mol. The molecule has 0 unspecified atom stereocenters. The number of rotatable bonds is 2. The second-order valence-electron chi connectivity index (χ2n) is 4.93. The van der Waals surface area contributed by atoms with Crippen LogP contribution < -0.4 is 5.73 Å². The lowest BCUT2D eigenvalue weighted by Crippen LogP contribution is -2.14. The number of alkyl halides is 3. The van der Waals surface area contributed by atoms with E-state index in [-0.39, 0.29) is 5.56 Å². The number of hydrogen-bond acceptors (Lipinski definition) is 2. The maximum atomic E-state index is 14.0. The van der Waals surface area contributed by atoms with Crippen LogP contribution in [0.25, 0.3) is 11.1 Å². The lowest BCUT2D eigenvalue weighted by atomic mass is 9.90. The van der Waals surface area contributed by atoms with Crippen molar-refractivity contribution in [2.75, 3.05) is 5.73 Å². The minimum absolute atomic E-state index is 0.302. The zero-order valence-corrected chi connectivity index (χ0v) is 12.7. The van der Waals surface area contributed by atoms with Crippen LogP contribution in [0.4, 0.5) is 27.6 Å². The van der Waals surface area contributed by atoms with Crippen LogP contribution in [0.1, 0.15) is 21.5 Å². The predicted octanol–water partition coefficient (Wildman–Crippen LogP) is 4.89. The first-order valence-corrected chi connectivity index (χ1v) is 6.71. The van der Waals surface area contributed by atoms with Gasteiger partial charge in [-0.05, 0) is 24.6 Å². The molecule has 128 valence electrons. The molecule has 0 fully saturated rings. The first-order chi connectivity index (χ1) is 10.9. The molecule has 2 aromatic rings. The molecular formula is C15H9ClF5NO2. The lowest BCUT2D eigenvalue weighted by Gasteiger charge is -2.19. The van der Waals surface area contributed by atoms with E-state index in [2.05, 4.69) is 0 Å². The highest BCUT2D eigenvalue weighted by atomic mass is 35.5. The minimum atomic E-state index is -4.99. The molecule has 2 rings (SSSR count). The zero-order chi connectivity index (χ0) is 18.4. The summed E-state index contributed by atoms with van der Waals surface area (Å²) in [5, 5.41) is 8.40. The molecule has 0 amide bonds. The van der Waals surface area contributed by atoms with E-state index in [1.54, 1.807) is 0 Å². The van der Waals surface area contributed by atoms with Crippen LogP contribution in [0, 0.1) is 18.6 Å². The van der Waals surface area contributed by atoms with Crippen molar-refractivity contribution in [3.8, 4) is 11.1 Å². The Hall–Kier alpha value is -2.35. The molecule has 0 saturated heterocycles. The van der Waals surface area contributed by atoms with Crippen LogP contribution >= 0.6 is 11.6 Å². The summed E-state index contributed by atoms with van der Waals surface area (Å²) >= 11 is 5.53. The summed E-state index contributed by atoms with van der Waals surface area (Å²) in [5.41, 5.74) is 1.32. The topological polar surface area (TPSA) is 63.3 Å². The van der Waals surface area contributed by atoms with Crippen molar-refractivity contribution in [2.24, 2.45) is 0 Å². The van der Waals surface area contributed by atoms with E-state index in [4.69, 9.17) is 22.4 Å². The smallest absolute Gasteiger partial charge is 0.417 e. The van der Waals surface area contributed by atoms with Crippen molar-refractivity contribution >= 4 is 23.3 Å². The van der Waals surface area contributed by atoms with Crippen molar-refractivity contribution in [2.45, 2.75) is 13.1 Å². The molecule has 0 aliphatic carbocycles. The molecule has 2 aromatic carbocycles. The summed E-state index contributed by atoms with van der Waals surface area (Å²) in [5.74, 6) is -4.09. The number of aromatic carboxylic acids is 1. The quantitative estimate of drug-likeness (QED) is 0.452. The fraction of sp³-hybridized carbons (Fsp3) is 0.133. The summed E-state index contributed by atoms with van der Waals surface area (Å²) in [6.07, 6.45) is -4.99. The Morgan fingerprint density at radius 3 is 2.25 bits per heavy atom. The highest BCUT2D eigenvalue weighted by Crippen LogP contribution is 2.43. The minimum Gasteiger partial charge on any atom is -0.478 e. The van der Waals surface area contributed by atoms with Gasteiger partial charge in [0.25, 0.3) is 0 Å². The van der Waals surface area contributed by atoms with Crippen molar-refractivity contribution < 1.29 is 31.9 Å². The molecule has 0 aliphatic heterocycles. The maximum absolute atomic E-state index is 14.0. The molecule has 24 heavy (non-hydrogen) atoms. The van der Waals surface area contributed by atoms with Gasteiger partial charge in [-0.25, -0.2) is 13.6 Å². The highest BCUT2D eigenvalue weighted by molar-refractivity contribution is 6.31. The number of carboxylic acids is 1. The van der Waals surface area contributed by atoms with Gasteiger partial charge in [0.2, 0.25) is 0 Å². The Kier molecular flexibility index (Phi) is 4.45. The third-order valence-corrected chi connectivity index (χ3v) is 3.73. The number of anilines is 1. The molecule has 0 aromatic heterocycles. The number of halogens is 6. The largest absolute Gasteiger partial charge is 0.478 e. The van der Waals surface area contributed by atoms with Crippen LogP contribution in [0.15, 0.2) is 18.2 Å². The average Bonchev–Trinajstić information content (AvgIpc) is 2.44. The van der Waals surface area contributed by atoms with E-state index in [0.717, 1.165) is 6.92 Å². The number of nitrogen functional groups attached to an aromatic ring is 1. The van der Waals surface area contributed by atoms with Gasteiger partial charge in [-0.2, -0.15) is 13.2 Å². The first-order valence-electron chi connectivity index (χ1n) is 6.33. The van der Waals surface area contributed by atoms with Gasteiger partial charge in [0, 0.05) is 22.9 Å². The number of carboxylic acid groups (broad SMARTS) is 1. The Balaban J connectivity index is 2.96. The van der Waals surface area contributed by atoms with Gasteiger partial charge in [-0.1, -0.05) is 11.6 Å². The van der Waals surface area contributed by atoms with Crippen LogP contribution in [0.3, 0.4) is 0 Å². The molecule has 3 N–H and O–H groups in total. The lowest BCUT2D eigenvalue weighted by molar-refractivity contribution is -0.137. The summed E-state index contributed by atoms with van der Waals surface area (Å²) in [6, 6.07) is 1.36. The van der Waals surface area contributed by atoms with Gasteiger partial charge in [0.1, 0.15) is 11.6 Å². The van der Waals surface area contributed by atoms with E-state index < -0.39 is 56.7 Å². The fourth-order valence-corrected chi connectivity index (χ4v) is 2.46. The number of benzene rings is 2. The van der Waals surface area contributed by atoms with Crippen LogP contribution in [-0.4, -0.2) is 11.1 Å². The van der Waals surface area contributed by atoms with Gasteiger partial charge in [0.05, 0.1) is 16.1 Å². The molecule has 0 heterocycles. The predicted molar refractivity (Wildman–Crippen MR) is 77.9 cm³/mol. The van der Waals surface area contributed by atoms with Crippen LogP contribution in [0.5, 0.6) is 0 Å². The summed E-state index contributed by atoms with van der Waals surface area (Å²) < 4.78 is 67.3. The van der Waals surface area contributed by atoms with E-state index in [9.17, 15) is 26.7 Å². The molecule has 3 nitrogen and oxygen atoms in total. The zero-order valence-electron chi connectivity index (χ0n) is 11.9. The monoisotopic (exact) mass is 365 g/mol. The molecule has 0 atom stereocenters. The van der Waals surface area contributed by atoms with E-state index in [0.29, 0.717) is 18.2 Å². The summed E-state index contributed by atoms with van der Waals surface area (Å²) in [4.78, 5) is 11.1. The Morgan fingerprint density at radius 1 is 1.17 bits per heavy atom. The molecule has 0 aliphatic rings. The summed E-state index contributed by atoms with van der Waals surface area (Å²) in [6.45, 7) is 1.11. The number of hydrogen-bond donors (Lipinski definition) is 2. The van der Waals surface area contributed by atoms with E-state index in [1.807, 2.05) is 0 Å². The number of carbonyl (C=O) groups is 1. The molecule has 0 bridgehead atoms. The van der Waals surface area contributed by atoms with Crippen LogP contribution in [-0.2, 0) is 6.18 Å². The molecule has 0 radical (unpaired) electrons. The third-order valence-electron chi connectivity index (χ3n) is 3.44. The fourth-order valence-electron chi connectivity index (χ4n) is 2.29. The van der Waals surface area contributed by atoms with Gasteiger partial charge in [-0.15, -0.1) is 0 Å². The Morgan fingerprint density at radius 2 is 1.75 bits per heavy atom. The standard InChI is InChI=1S/C15H9ClF5NO2/c1-5-12(6-3-9(16)11(18)4-10(6)17)8(15(19,20)21)2-7(13(5)22)14(23)24/h2-4H,22H2,1H3,(H,23,24). The second-order valence-corrected chi connectivity index (χ2v) is 5.34. The van der Waals surface area contributed by atoms with E-state index in [1.165, 1.54) is 0 Å². The van der Waals surface area contributed by atoms with Gasteiger partial charge >= 0.3 is 12.1 Å². The normalized spacial score (nSPS) is 11.6. The second kappa shape index (κ2) is 5.94. The maximum Gasteiger partial charge on any atom is 0.417 e. The SMILES string of the molecule is Cc1c(N)c(C(=O)O)cc(C(F)(F)F)c1-c1cc(Cl)c(F)cc1F. The number of nitrogens with two attached hydrogens (primary N) is 1. The highest BCUT2D eigenvalue weighted by Gasteiger charge is 2.37. The molecular weight excluding hydrogens is 357 g/mol. The van der Waals surface area contributed by atoms with Crippen molar-refractivity contribution in [3.63, 3.8) is 0 Å². The van der Waals surface area contributed by atoms with Crippen LogP contribution in [0.2, 0.25) is 5.02 Å². The Bertz CT molecular complexity index is 849. The van der Waals surface area contributed by atoms with E-state index >= 15 is 0 Å². The summed E-state index contributed by atoms with van der Waals surface area (Å²) in [7, 11) is 0. The third kappa shape index (κ3) is 3.01. The van der Waals surface area contributed by atoms with Crippen molar-refractivity contribution in [1.82, 2.24) is 0 Å². The molecule has 0 saturated carbocycles. The van der Waals surface area contributed by atoms with Gasteiger partial charge in [0.15, 0.2) is 0 Å². The Labute approximate surface area is 137 Å². The van der Waals surface area contributed by atoms with Gasteiger partial charge < -0.3 is 10.8 Å². The van der Waals surface area contributed by atoms with Crippen molar-refractivity contribution in [3.05, 3.63) is 51.5 Å². The van der Waals surface area contributed by atoms with Gasteiger partial charge in [-0.3, -0.25) is 0 Å². The molecule has 9 heteroatoms. The molecule has 0 spiro atoms.